The van der Waals surface area contributed by atoms with Crippen LogP contribution in [0.3, 0.4) is 0 Å². The Hall–Kier alpha value is -1.68. The molecule has 10 heteroatoms. The van der Waals surface area contributed by atoms with Gasteiger partial charge in [-0.1, -0.05) is 0 Å². The quantitative estimate of drug-likeness (QED) is 0.515. The van der Waals surface area contributed by atoms with Crippen molar-refractivity contribution in [2.75, 3.05) is 32.8 Å². The van der Waals surface area contributed by atoms with Gasteiger partial charge in [0.25, 0.3) is 0 Å². The molecule has 1 amide bonds. The van der Waals surface area contributed by atoms with Gasteiger partial charge in [0.15, 0.2) is 0 Å². The largest absolute Gasteiger partial charge is 0.573 e. The maximum absolute atomic E-state index is 12.3. The Balaban J connectivity index is 1.73. The van der Waals surface area contributed by atoms with Gasteiger partial charge in [0.05, 0.1) is 11.1 Å². The minimum absolute atomic E-state index is 0.0461. The van der Waals surface area contributed by atoms with E-state index in [1.807, 2.05) is 27.7 Å². The predicted octanol–water partition coefficient (Wildman–Crippen LogP) is 5.06. The van der Waals surface area contributed by atoms with Gasteiger partial charge in [-0.25, -0.2) is 4.79 Å². The monoisotopic (exact) mass is 496 g/mol. The molecule has 1 aliphatic rings. The first-order chi connectivity index (χ1) is 13.8. The Morgan fingerprint density at radius 3 is 2.50 bits per heavy atom. The van der Waals surface area contributed by atoms with Crippen LogP contribution in [0.5, 0.6) is 11.5 Å². The fourth-order valence-electron chi connectivity index (χ4n) is 3.09. The summed E-state index contributed by atoms with van der Waals surface area (Å²) in [4.78, 5) is 16.3. The lowest BCUT2D eigenvalue weighted by atomic mass is 10.2. The van der Waals surface area contributed by atoms with Crippen molar-refractivity contribution in [3.05, 3.63) is 22.7 Å². The van der Waals surface area contributed by atoms with Crippen LogP contribution in [0.15, 0.2) is 22.7 Å². The molecule has 2 rings (SSSR count). The molecule has 0 bridgehead atoms. The van der Waals surface area contributed by atoms with Gasteiger partial charge in [0, 0.05) is 32.2 Å². The number of hydrogen-bond donors (Lipinski definition) is 0. The van der Waals surface area contributed by atoms with E-state index in [0.29, 0.717) is 23.4 Å². The number of carbonyl (C=O) groups excluding carboxylic acids is 1. The van der Waals surface area contributed by atoms with E-state index < -0.39 is 12.0 Å². The number of alkyl halides is 3. The fraction of sp³-hybridized carbons (Fsp3) is 0.650. The Bertz CT molecular complexity index is 725. The minimum Gasteiger partial charge on any atom is -0.492 e. The zero-order valence-corrected chi connectivity index (χ0v) is 19.2. The first-order valence-electron chi connectivity index (χ1n) is 9.74. The van der Waals surface area contributed by atoms with Crippen LogP contribution in [0.2, 0.25) is 0 Å². The summed E-state index contributed by atoms with van der Waals surface area (Å²) in [5.74, 6) is 0.145. The first-order valence-corrected chi connectivity index (χ1v) is 10.5. The summed E-state index contributed by atoms with van der Waals surface area (Å²) in [5, 5.41) is 0. The van der Waals surface area contributed by atoms with Gasteiger partial charge in [-0.3, -0.25) is 4.90 Å². The molecule has 1 fully saturated rings. The number of amides is 1. The van der Waals surface area contributed by atoms with Crippen molar-refractivity contribution < 1.29 is 32.2 Å². The minimum atomic E-state index is -4.73. The zero-order valence-electron chi connectivity index (χ0n) is 17.6. The number of rotatable bonds is 6. The molecule has 0 radical (unpaired) electrons. The standard InChI is InChI=1S/C20H28BrF3N2O4/c1-14-13-25(9-10-26(14)18(27)30-19(2,3)4)8-5-11-28-17-7-6-15(12-16(17)21)29-20(22,23)24/h6-7,12,14H,5,8-11,13H2,1-4H3. The lowest BCUT2D eigenvalue weighted by Gasteiger charge is -2.40. The second-order valence-electron chi connectivity index (χ2n) is 8.17. The Morgan fingerprint density at radius 2 is 1.93 bits per heavy atom. The van der Waals surface area contributed by atoms with Gasteiger partial charge in [-0.15, -0.1) is 13.2 Å². The Morgan fingerprint density at radius 1 is 1.23 bits per heavy atom. The zero-order chi connectivity index (χ0) is 22.5. The highest BCUT2D eigenvalue weighted by atomic mass is 79.9. The van der Waals surface area contributed by atoms with E-state index in [1.165, 1.54) is 18.2 Å². The van der Waals surface area contributed by atoms with Gasteiger partial charge in [0.2, 0.25) is 0 Å². The van der Waals surface area contributed by atoms with Crippen LogP contribution in [0.4, 0.5) is 18.0 Å². The molecule has 0 aliphatic carbocycles. The maximum Gasteiger partial charge on any atom is 0.573 e. The number of ether oxygens (including phenoxy) is 3. The van der Waals surface area contributed by atoms with Crippen molar-refractivity contribution in [1.82, 2.24) is 9.80 Å². The molecular formula is C20H28BrF3N2O4. The van der Waals surface area contributed by atoms with E-state index >= 15 is 0 Å². The highest BCUT2D eigenvalue weighted by Crippen LogP contribution is 2.32. The summed E-state index contributed by atoms with van der Waals surface area (Å²) in [6.45, 7) is 10.8. The van der Waals surface area contributed by atoms with Crippen LogP contribution in [-0.2, 0) is 4.74 Å². The van der Waals surface area contributed by atoms with Crippen molar-refractivity contribution in [2.45, 2.75) is 52.1 Å². The van der Waals surface area contributed by atoms with Crippen molar-refractivity contribution in [2.24, 2.45) is 0 Å². The normalized spacial score (nSPS) is 18.3. The van der Waals surface area contributed by atoms with E-state index in [2.05, 4.69) is 25.6 Å². The molecule has 1 saturated heterocycles. The van der Waals surface area contributed by atoms with Gasteiger partial charge in [-0.05, 0) is 68.2 Å². The third-order valence-electron chi connectivity index (χ3n) is 4.35. The van der Waals surface area contributed by atoms with Gasteiger partial charge in [-0.2, -0.15) is 0 Å². The summed E-state index contributed by atoms with van der Waals surface area (Å²) in [6, 6.07) is 3.92. The number of benzene rings is 1. The molecule has 1 aromatic rings. The molecule has 30 heavy (non-hydrogen) atoms. The van der Waals surface area contributed by atoms with E-state index in [0.717, 1.165) is 26.1 Å². The van der Waals surface area contributed by atoms with Gasteiger partial charge >= 0.3 is 12.5 Å². The molecule has 170 valence electrons. The molecule has 6 nitrogen and oxygen atoms in total. The second-order valence-corrected chi connectivity index (χ2v) is 9.02. The summed E-state index contributed by atoms with van der Waals surface area (Å²) in [6.07, 6.45) is -4.28. The third-order valence-corrected chi connectivity index (χ3v) is 4.97. The van der Waals surface area contributed by atoms with Crippen molar-refractivity contribution >= 4 is 22.0 Å². The molecule has 1 heterocycles. The fourth-order valence-corrected chi connectivity index (χ4v) is 3.57. The van der Waals surface area contributed by atoms with E-state index in [9.17, 15) is 18.0 Å². The van der Waals surface area contributed by atoms with Crippen molar-refractivity contribution in [3.8, 4) is 11.5 Å². The van der Waals surface area contributed by atoms with Gasteiger partial charge < -0.3 is 19.1 Å². The van der Waals surface area contributed by atoms with E-state index in [4.69, 9.17) is 9.47 Å². The molecular weight excluding hydrogens is 469 g/mol. The topological polar surface area (TPSA) is 51.2 Å². The average Bonchev–Trinajstić information content (AvgIpc) is 2.57. The highest BCUT2D eigenvalue weighted by Gasteiger charge is 2.32. The number of nitrogens with zero attached hydrogens (tertiary/aromatic N) is 2. The number of halogens is 4. The lowest BCUT2D eigenvalue weighted by molar-refractivity contribution is -0.274. The molecule has 1 aliphatic heterocycles. The Kier molecular flexibility index (Phi) is 8.27. The third kappa shape index (κ3) is 8.22. The predicted molar refractivity (Wildman–Crippen MR) is 110 cm³/mol. The summed E-state index contributed by atoms with van der Waals surface area (Å²) in [5.41, 5.74) is -0.517. The molecule has 0 saturated carbocycles. The second kappa shape index (κ2) is 10.1. The van der Waals surface area contributed by atoms with Crippen molar-refractivity contribution in [1.29, 1.82) is 0 Å². The molecule has 1 aromatic carbocycles. The highest BCUT2D eigenvalue weighted by molar-refractivity contribution is 9.10. The number of piperazine rings is 1. The Labute approximate surface area is 183 Å². The van der Waals surface area contributed by atoms with E-state index in [-0.39, 0.29) is 17.9 Å². The SMILES string of the molecule is CC1CN(CCCOc2ccc(OC(F)(F)F)cc2Br)CCN1C(=O)OC(C)(C)C. The van der Waals surface area contributed by atoms with Crippen LogP contribution in [0.1, 0.15) is 34.1 Å². The van der Waals surface area contributed by atoms with Gasteiger partial charge in [0.1, 0.15) is 17.1 Å². The molecule has 0 spiro atoms. The smallest absolute Gasteiger partial charge is 0.492 e. The molecule has 1 atom stereocenters. The molecule has 0 aromatic heterocycles. The summed E-state index contributed by atoms with van der Waals surface area (Å²) >= 11 is 3.20. The molecule has 1 unspecified atom stereocenters. The van der Waals surface area contributed by atoms with Crippen molar-refractivity contribution in [3.63, 3.8) is 0 Å². The van der Waals surface area contributed by atoms with E-state index in [1.54, 1.807) is 4.90 Å². The molecule has 0 N–H and O–H groups in total. The first kappa shape index (κ1) is 24.6. The van der Waals surface area contributed by atoms with Crippen LogP contribution >= 0.6 is 15.9 Å². The van der Waals surface area contributed by atoms with Crippen LogP contribution in [-0.4, -0.2) is 66.7 Å². The number of hydrogen-bond acceptors (Lipinski definition) is 5. The lowest BCUT2D eigenvalue weighted by Crippen LogP contribution is -2.55. The summed E-state index contributed by atoms with van der Waals surface area (Å²) < 4.78 is 52.2. The summed E-state index contributed by atoms with van der Waals surface area (Å²) in [7, 11) is 0. The van der Waals surface area contributed by atoms with Crippen LogP contribution in [0, 0.1) is 0 Å². The van der Waals surface area contributed by atoms with Crippen LogP contribution < -0.4 is 9.47 Å². The average molecular weight is 497 g/mol. The maximum atomic E-state index is 12.3. The van der Waals surface area contributed by atoms with Crippen LogP contribution in [0.25, 0.3) is 0 Å². The number of carbonyl (C=O) groups is 1.